The van der Waals surface area contributed by atoms with Gasteiger partial charge < -0.3 is 4.55 Å². The molecule has 0 saturated heterocycles. The Morgan fingerprint density at radius 1 is 1.33 bits per heavy atom. The molecule has 0 fully saturated rings. The average Bonchev–Trinajstić information content (AvgIpc) is 2.04. The lowest BCUT2D eigenvalue weighted by atomic mass is 10.3. The number of hydrogen-bond acceptors (Lipinski definition) is 3. The molecule has 0 heterocycles. The standard InChI is InChI=1S/C6H4ClNO3S/c7-12(11)6-3-1-5(2-4-6)8(9)10/h1-4H. The van der Waals surface area contributed by atoms with E-state index in [0.29, 0.717) is 4.90 Å². The summed E-state index contributed by atoms with van der Waals surface area (Å²) in [5.74, 6) is 0. The molecule has 1 unspecified atom stereocenters. The van der Waals surface area contributed by atoms with Crippen LogP contribution in [0.3, 0.4) is 0 Å². The highest BCUT2D eigenvalue weighted by Gasteiger charge is 2.10. The van der Waals surface area contributed by atoms with Gasteiger partial charge in [0.1, 0.15) is 10.4 Å². The Balaban J connectivity index is 2.93. The third kappa shape index (κ3) is 2.10. The van der Waals surface area contributed by atoms with E-state index in [-0.39, 0.29) is 5.69 Å². The van der Waals surface area contributed by atoms with E-state index in [0.717, 1.165) is 0 Å². The summed E-state index contributed by atoms with van der Waals surface area (Å²) in [4.78, 5) is 10.0. The van der Waals surface area contributed by atoms with Crippen LogP contribution in [0, 0.1) is 10.1 Å². The van der Waals surface area contributed by atoms with Crippen LogP contribution in [0.4, 0.5) is 5.69 Å². The lowest BCUT2D eigenvalue weighted by Crippen LogP contribution is -1.92. The molecule has 0 aliphatic heterocycles. The molecule has 0 aliphatic rings. The van der Waals surface area contributed by atoms with Crippen LogP contribution in [0.2, 0.25) is 0 Å². The van der Waals surface area contributed by atoms with Gasteiger partial charge in [0.2, 0.25) is 0 Å². The number of hydrogen-bond donors (Lipinski definition) is 0. The summed E-state index contributed by atoms with van der Waals surface area (Å²) >= 11 is 0. The summed E-state index contributed by atoms with van der Waals surface area (Å²) in [6, 6.07) is 5.24. The molecule has 6 heteroatoms. The highest BCUT2D eigenvalue weighted by atomic mass is 35.7. The zero-order valence-corrected chi connectivity index (χ0v) is 7.34. The van der Waals surface area contributed by atoms with E-state index in [9.17, 15) is 14.7 Å². The van der Waals surface area contributed by atoms with Crippen molar-refractivity contribution < 1.29 is 9.48 Å². The van der Waals surface area contributed by atoms with Gasteiger partial charge in [0, 0.05) is 24.3 Å². The molecule has 64 valence electrons. The molecule has 1 aromatic rings. The molecule has 0 amide bonds. The molecular formula is C6H4ClNO3S. The number of nitro benzene ring substituents is 1. The van der Waals surface area contributed by atoms with Crippen LogP contribution in [0.1, 0.15) is 0 Å². The van der Waals surface area contributed by atoms with E-state index in [1.54, 1.807) is 0 Å². The van der Waals surface area contributed by atoms with E-state index in [1.807, 2.05) is 0 Å². The molecule has 12 heavy (non-hydrogen) atoms. The molecule has 0 aromatic heterocycles. The van der Waals surface area contributed by atoms with Crippen LogP contribution in [-0.2, 0) is 10.4 Å². The summed E-state index contributed by atoms with van der Waals surface area (Å²) < 4.78 is 10.6. The zero-order chi connectivity index (χ0) is 9.14. The second-order valence-corrected chi connectivity index (χ2v) is 3.73. The van der Waals surface area contributed by atoms with Crippen molar-refractivity contribution in [1.82, 2.24) is 0 Å². The summed E-state index contributed by atoms with van der Waals surface area (Å²) in [5.41, 5.74) is -0.0409. The largest absolute Gasteiger partial charge is 0.594 e. The maximum absolute atomic E-state index is 10.6. The smallest absolute Gasteiger partial charge is 0.269 e. The molecule has 1 aromatic carbocycles. The Kier molecular flexibility index (Phi) is 2.91. The van der Waals surface area contributed by atoms with Crippen LogP contribution in [0.25, 0.3) is 0 Å². The molecule has 0 radical (unpaired) electrons. The van der Waals surface area contributed by atoms with E-state index in [2.05, 4.69) is 0 Å². The minimum Gasteiger partial charge on any atom is -0.594 e. The Bertz CT molecular complexity index is 287. The van der Waals surface area contributed by atoms with Gasteiger partial charge in [0.05, 0.1) is 4.92 Å². The van der Waals surface area contributed by atoms with Gasteiger partial charge in [-0.15, -0.1) is 0 Å². The third-order valence-corrected chi connectivity index (χ3v) is 2.41. The monoisotopic (exact) mass is 205 g/mol. The van der Waals surface area contributed by atoms with Gasteiger partial charge in [-0.05, 0) is 0 Å². The maximum atomic E-state index is 10.6. The zero-order valence-electron chi connectivity index (χ0n) is 5.77. The van der Waals surface area contributed by atoms with Gasteiger partial charge in [-0.25, -0.2) is 0 Å². The van der Waals surface area contributed by atoms with Crippen LogP contribution in [0.15, 0.2) is 29.2 Å². The SMILES string of the molecule is O=[N+]([O-])c1ccc([S+]([O-])Cl)cc1. The number of rotatable bonds is 2. The fraction of sp³-hybridized carbons (Fsp3) is 0. The lowest BCUT2D eigenvalue weighted by Gasteiger charge is -1.97. The Morgan fingerprint density at radius 2 is 1.83 bits per heavy atom. The maximum Gasteiger partial charge on any atom is 0.269 e. The van der Waals surface area contributed by atoms with Crippen molar-refractivity contribution in [2.24, 2.45) is 0 Å². The molecule has 0 spiro atoms. The van der Waals surface area contributed by atoms with E-state index >= 15 is 0 Å². The topological polar surface area (TPSA) is 66.2 Å². The summed E-state index contributed by atoms with van der Waals surface area (Å²) in [6.07, 6.45) is 0. The molecule has 0 bridgehead atoms. The molecule has 0 saturated carbocycles. The van der Waals surface area contributed by atoms with E-state index < -0.39 is 15.3 Å². The van der Waals surface area contributed by atoms with E-state index in [4.69, 9.17) is 10.7 Å². The van der Waals surface area contributed by atoms with Crippen LogP contribution >= 0.6 is 10.7 Å². The fourth-order valence-corrected chi connectivity index (χ4v) is 1.33. The first-order chi connectivity index (χ1) is 5.61. The van der Waals surface area contributed by atoms with Gasteiger partial charge >= 0.3 is 0 Å². The summed E-state index contributed by atoms with van der Waals surface area (Å²) in [6.45, 7) is 0. The number of nitro groups is 1. The average molecular weight is 206 g/mol. The quantitative estimate of drug-likeness (QED) is 0.421. The highest BCUT2D eigenvalue weighted by Crippen LogP contribution is 2.18. The number of benzene rings is 1. The molecule has 4 nitrogen and oxygen atoms in total. The minimum atomic E-state index is -1.60. The normalized spacial score (nSPS) is 12.5. The van der Waals surface area contributed by atoms with Crippen LogP contribution < -0.4 is 0 Å². The van der Waals surface area contributed by atoms with Crippen molar-refractivity contribution in [3.8, 4) is 0 Å². The molecule has 1 atom stereocenters. The molecular weight excluding hydrogens is 202 g/mol. The summed E-state index contributed by atoms with van der Waals surface area (Å²) in [7, 11) is 3.64. The Labute approximate surface area is 76.0 Å². The van der Waals surface area contributed by atoms with Gasteiger partial charge in [0.25, 0.3) is 5.69 Å². The number of non-ortho nitro benzene ring substituents is 1. The molecule has 0 aliphatic carbocycles. The lowest BCUT2D eigenvalue weighted by molar-refractivity contribution is -0.384. The number of nitrogens with zero attached hydrogens (tertiary/aromatic N) is 1. The van der Waals surface area contributed by atoms with Crippen molar-refractivity contribution in [2.75, 3.05) is 0 Å². The summed E-state index contributed by atoms with van der Waals surface area (Å²) in [5, 5.41) is 10.2. The van der Waals surface area contributed by atoms with Crippen molar-refractivity contribution in [3.05, 3.63) is 34.4 Å². The third-order valence-electron chi connectivity index (χ3n) is 1.23. The van der Waals surface area contributed by atoms with Crippen molar-refractivity contribution >= 4 is 26.8 Å². The first-order valence-corrected chi connectivity index (χ1v) is 4.91. The van der Waals surface area contributed by atoms with Gasteiger partial charge in [-0.1, -0.05) is 0 Å². The first kappa shape index (κ1) is 9.31. The van der Waals surface area contributed by atoms with Gasteiger partial charge in [-0.3, -0.25) is 10.1 Å². The second kappa shape index (κ2) is 3.75. The predicted molar refractivity (Wildman–Crippen MR) is 45.4 cm³/mol. The Morgan fingerprint density at radius 3 is 2.17 bits per heavy atom. The van der Waals surface area contributed by atoms with E-state index in [1.165, 1.54) is 24.3 Å². The second-order valence-electron chi connectivity index (χ2n) is 1.97. The van der Waals surface area contributed by atoms with Crippen LogP contribution in [-0.4, -0.2) is 9.48 Å². The molecule has 0 N–H and O–H groups in total. The highest BCUT2D eigenvalue weighted by molar-refractivity contribution is 8.13. The van der Waals surface area contributed by atoms with Gasteiger partial charge in [-0.2, -0.15) is 0 Å². The fourth-order valence-electron chi connectivity index (χ4n) is 0.675. The predicted octanol–water partition coefficient (Wildman–Crippen LogP) is 1.86. The minimum absolute atomic E-state index is 0.0409. The van der Waals surface area contributed by atoms with Crippen molar-refractivity contribution in [3.63, 3.8) is 0 Å². The molecule has 1 rings (SSSR count). The number of halogens is 1. The van der Waals surface area contributed by atoms with Crippen molar-refractivity contribution in [2.45, 2.75) is 4.90 Å². The first-order valence-electron chi connectivity index (χ1n) is 2.94. The van der Waals surface area contributed by atoms with Crippen LogP contribution in [0.5, 0.6) is 0 Å². The van der Waals surface area contributed by atoms with Crippen molar-refractivity contribution in [1.29, 1.82) is 0 Å². The van der Waals surface area contributed by atoms with Gasteiger partial charge in [0.15, 0.2) is 15.6 Å². The Hall–Kier alpha value is -0.780.